The Morgan fingerprint density at radius 3 is 2.61 bits per heavy atom. The maximum Gasteiger partial charge on any atom is 0.124 e. The van der Waals surface area contributed by atoms with Gasteiger partial charge in [-0.05, 0) is 36.6 Å². The SMILES string of the molecule is CCOCC(NCc1cc(F)cc(Br)c1)C(C)C. The van der Waals surface area contributed by atoms with Crippen LogP contribution in [0.5, 0.6) is 0 Å². The molecule has 1 aromatic rings. The molecule has 0 radical (unpaired) electrons. The summed E-state index contributed by atoms with van der Waals surface area (Å²) in [6, 6.07) is 5.22. The lowest BCUT2D eigenvalue weighted by atomic mass is 10.0. The standard InChI is InChI=1S/C14H21BrFNO/c1-4-18-9-14(10(2)3)17-8-11-5-12(15)7-13(16)6-11/h5-7,10,14,17H,4,8-9H2,1-3H3. The van der Waals surface area contributed by atoms with Crippen LogP contribution in [0.15, 0.2) is 22.7 Å². The lowest BCUT2D eigenvalue weighted by Crippen LogP contribution is -2.37. The van der Waals surface area contributed by atoms with E-state index in [-0.39, 0.29) is 11.9 Å². The first-order valence-electron chi connectivity index (χ1n) is 6.29. The fraction of sp³-hybridized carbons (Fsp3) is 0.571. The molecule has 1 aromatic carbocycles. The molecule has 0 saturated carbocycles. The highest BCUT2D eigenvalue weighted by atomic mass is 79.9. The Morgan fingerprint density at radius 2 is 2.06 bits per heavy atom. The molecule has 0 heterocycles. The van der Waals surface area contributed by atoms with Crippen molar-refractivity contribution in [1.29, 1.82) is 0 Å². The van der Waals surface area contributed by atoms with Crippen molar-refractivity contribution in [1.82, 2.24) is 5.32 Å². The van der Waals surface area contributed by atoms with Crippen LogP contribution in [-0.2, 0) is 11.3 Å². The third-order valence-corrected chi connectivity index (χ3v) is 3.25. The third kappa shape index (κ3) is 5.46. The molecule has 1 atom stereocenters. The quantitative estimate of drug-likeness (QED) is 0.827. The van der Waals surface area contributed by atoms with Gasteiger partial charge in [-0.3, -0.25) is 0 Å². The normalized spacial score (nSPS) is 13.0. The first-order chi connectivity index (χ1) is 8.52. The van der Waals surface area contributed by atoms with Crippen molar-refractivity contribution < 1.29 is 9.13 Å². The van der Waals surface area contributed by atoms with Gasteiger partial charge in [0.25, 0.3) is 0 Å². The summed E-state index contributed by atoms with van der Waals surface area (Å²) in [6.07, 6.45) is 0. The van der Waals surface area contributed by atoms with Gasteiger partial charge < -0.3 is 10.1 Å². The van der Waals surface area contributed by atoms with Gasteiger partial charge in [-0.15, -0.1) is 0 Å². The van der Waals surface area contributed by atoms with E-state index in [1.807, 2.05) is 13.0 Å². The van der Waals surface area contributed by atoms with Crippen LogP contribution >= 0.6 is 15.9 Å². The van der Waals surface area contributed by atoms with Crippen LogP contribution < -0.4 is 5.32 Å². The molecular formula is C14H21BrFNO. The zero-order valence-electron chi connectivity index (χ0n) is 11.2. The molecular weight excluding hydrogens is 297 g/mol. The zero-order chi connectivity index (χ0) is 13.5. The van der Waals surface area contributed by atoms with Crippen LogP contribution in [0.3, 0.4) is 0 Å². The van der Waals surface area contributed by atoms with E-state index in [9.17, 15) is 4.39 Å². The molecule has 0 aliphatic heterocycles. The van der Waals surface area contributed by atoms with Crippen LogP contribution in [0.1, 0.15) is 26.3 Å². The predicted molar refractivity (Wildman–Crippen MR) is 76.1 cm³/mol. The molecule has 0 fully saturated rings. The average molecular weight is 318 g/mol. The highest BCUT2D eigenvalue weighted by Gasteiger charge is 2.12. The van der Waals surface area contributed by atoms with E-state index in [1.54, 1.807) is 6.07 Å². The number of halogens is 2. The first kappa shape index (κ1) is 15.6. The summed E-state index contributed by atoms with van der Waals surface area (Å²) >= 11 is 3.30. The topological polar surface area (TPSA) is 21.3 Å². The second kappa shape index (κ2) is 7.87. The van der Waals surface area contributed by atoms with Gasteiger partial charge in [-0.2, -0.15) is 0 Å². The van der Waals surface area contributed by atoms with E-state index < -0.39 is 0 Å². The number of benzene rings is 1. The van der Waals surface area contributed by atoms with E-state index in [2.05, 4.69) is 35.1 Å². The van der Waals surface area contributed by atoms with Gasteiger partial charge in [-0.25, -0.2) is 4.39 Å². The van der Waals surface area contributed by atoms with E-state index in [0.29, 0.717) is 19.1 Å². The van der Waals surface area contributed by atoms with E-state index in [1.165, 1.54) is 6.07 Å². The summed E-state index contributed by atoms with van der Waals surface area (Å²) in [6.45, 7) is 8.34. The van der Waals surface area contributed by atoms with E-state index in [0.717, 1.165) is 16.6 Å². The van der Waals surface area contributed by atoms with Crippen molar-refractivity contribution in [2.45, 2.75) is 33.4 Å². The summed E-state index contributed by atoms with van der Waals surface area (Å²) in [7, 11) is 0. The van der Waals surface area contributed by atoms with Gasteiger partial charge in [0.05, 0.1) is 6.61 Å². The lowest BCUT2D eigenvalue weighted by molar-refractivity contribution is 0.108. The van der Waals surface area contributed by atoms with Crippen molar-refractivity contribution in [3.05, 3.63) is 34.1 Å². The molecule has 0 aliphatic carbocycles. The number of hydrogen-bond acceptors (Lipinski definition) is 2. The molecule has 4 heteroatoms. The van der Waals surface area contributed by atoms with Gasteiger partial charge in [-0.1, -0.05) is 29.8 Å². The number of ether oxygens (including phenoxy) is 1. The molecule has 0 saturated heterocycles. The van der Waals surface area contributed by atoms with Crippen LogP contribution in [0.25, 0.3) is 0 Å². The number of rotatable bonds is 7. The zero-order valence-corrected chi connectivity index (χ0v) is 12.8. The van der Waals surface area contributed by atoms with Gasteiger partial charge in [0.15, 0.2) is 0 Å². The summed E-state index contributed by atoms with van der Waals surface area (Å²) in [5, 5.41) is 3.41. The Labute approximate surface area is 117 Å². The van der Waals surface area contributed by atoms with E-state index >= 15 is 0 Å². The second-order valence-electron chi connectivity index (χ2n) is 4.67. The van der Waals surface area contributed by atoms with Crippen molar-refractivity contribution in [3.63, 3.8) is 0 Å². The summed E-state index contributed by atoms with van der Waals surface area (Å²) in [5.74, 6) is 0.264. The Kier molecular flexibility index (Phi) is 6.82. The molecule has 0 amide bonds. The van der Waals surface area contributed by atoms with Gasteiger partial charge in [0.2, 0.25) is 0 Å². The molecule has 1 rings (SSSR count). The molecule has 102 valence electrons. The average Bonchev–Trinajstić information content (AvgIpc) is 2.27. The minimum absolute atomic E-state index is 0.216. The predicted octanol–water partition coefficient (Wildman–Crippen LogP) is 3.74. The Balaban J connectivity index is 2.55. The van der Waals surface area contributed by atoms with Crippen molar-refractivity contribution in [2.75, 3.05) is 13.2 Å². The smallest absolute Gasteiger partial charge is 0.124 e. The van der Waals surface area contributed by atoms with Crippen molar-refractivity contribution in [2.24, 2.45) is 5.92 Å². The highest BCUT2D eigenvalue weighted by Crippen LogP contribution is 2.15. The van der Waals surface area contributed by atoms with Gasteiger partial charge in [0.1, 0.15) is 5.82 Å². The first-order valence-corrected chi connectivity index (χ1v) is 7.08. The number of nitrogens with one attached hydrogen (secondary N) is 1. The molecule has 18 heavy (non-hydrogen) atoms. The van der Waals surface area contributed by atoms with Crippen LogP contribution in [0.2, 0.25) is 0 Å². The van der Waals surface area contributed by atoms with Crippen molar-refractivity contribution >= 4 is 15.9 Å². The monoisotopic (exact) mass is 317 g/mol. The Bertz CT molecular complexity index is 351. The largest absolute Gasteiger partial charge is 0.380 e. The van der Waals surface area contributed by atoms with Crippen molar-refractivity contribution in [3.8, 4) is 0 Å². The molecule has 0 aliphatic rings. The molecule has 0 aromatic heterocycles. The highest BCUT2D eigenvalue weighted by molar-refractivity contribution is 9.10. The maximum absolute atomic E-state index is 13.2. The van der Waals surface area contributed by atoms with Gasteiger partial charge >= 0.3 is 0 Å². The minimum atomic E-state index is -0.216. The molecule has 0 bridgehead atoms. The fourth-order valence-electron chi connectivity index (χ4n) is 1.69. The second-order valence-corrected chi connectivity index (χ2v) is 5.58. The third-order valence-electron chi connectivity index (χ3n) is 2.80. The minimum Gasteiger partial charge on any atom is -0.380 e. The Hall–Kier alpha value is -0.450. The van der Waals surface area contributed by atoms with Crippen LogP contribution in [-0.4, -0.2) is 19.3 Å². The molecule has 0 spiro atoms. The van der Waals surface area contributed by atoms with Gasteiger partial charge in [0, 0.05) is 23.7 Å². The lowest BCUT2D eigenvalue weighted by Gasteiger charge is -2.22. The summed E-state index contributed by atoms with van der Waals surface area (Å²) in [4.78, 5) is 0. The summed E-state index contributed by atoms with van der Waals surface area (Å²) in [5.41, 5.74) is 0.934. The molecule has 1 N–H and O–H groups in total. The van der Waals surface area contributed by atoms with E-state index in [4.69, 9.17) is 4.74 Å². The number of hydrogen-bond donors (Lipinski definition) is 1. The van der Waals surface area contributed by atoms with Crippen LogP contribution in [0, 0.1) is 11.7 Å². The summed E-state index contributed by atoms with van der Waals surface area (Å²) < 4.78 is 19.4. The maximum atomic E-state index is 13.2. The fourth-order valence-corrected chi connectivity index (χ4v) is 2.21. The molecule has 1 unspecified atom stereocenters. The Morgan fingerprint density at radius 1 is 1.33 bits per heavy atom. The van der Waals surface area contributed by atoms with Crippen LogP contribution in [0.4, 0.5) is 4.39 Å². The molecule has 2 nitrogen and oxygen atoms in total.